The highest BCUT2D eigenvalue weighted by atomic mass is 35.5. The van der Waals surface area contributed by atoms with Crippen LogP contribution in [0.3, 0.4) is 0 Å². The largest absolute Gasteiger partial charge is 0.497 e. The number of nitrogens with zero attached hydrogens (tertiary/aromatic N) is 3. The van der Waals surface area contributed by atoms with Gasteiger partial charge in [0, 0.05) is 22.7 Å². The van der Waals surface area contributed by atoms with E-state index < -0.39 is 11.9 Å². The number of amides is 3. The maximum Gasteiger partial charge on any atom is 0.257 e. The van der Waals surface area contributed by atoms with E-state index in [1.54, 1.807) is 61.7 Å². The topological polar surface area (TPSA) is 92.9 Å². The lowest BCUT2D eigenvalue weighted by atomic mass is 10.1. The molecule has 9 heteroatoms. The van der Waals surface area contributed by atoms with Crippen molar-refractivity contribution < 1.29 is 23.5 Å². The number of rotatable bonds is 8. The molecule has 1 aliphatic rings. The summed E-state index contributed by atoms with van der Waals surface area (Å²) >= 11 is 6.17. The second-order valence-electron chi connectivity index (χ2n) is 9.93. The van der Waals surface area contributed by atoms with Gasteiger partial charge in [0.2, 0.25) is 11.8 Å². The number of ether oxygens (including phenoxy) is 1. The summed E-state index contributed by atoms with van der Waals surface area (Å²) in [6, 6.07) is 27.4. The standard InChI is InChI=1S/C33H26ClN3O5/c1-41-26-15-11-23(12-16-26)32(39)36(18-17-21-5-4-6-24(34)19-21)28-20-30(38)37(33(28)40)25-13-9-22(10-14-25)31-35-27-7-2-3-8-29(27)42-31/h2-16,19,28H,17-18,20H2,1H3. The van der Waals surface area contributed by atoms with Gasteiger partial charge in [0.1, 0.15) is 17.3 Å². The van der Waals surface area contributed by atoms with Gasteiger partial charge in [-0.1, -0.05) is 35.9 Å². The Balaban J connectivity index is 1.26. The zero-order valence-electron chi connectivity index (χ0n) is 22.7. The number of hydrogen-bond donors (Lipinski definition) is 0. The fourth-order valence-electron chi connectivity index (χ4n) is 5.12. The summed E-state index contributed by atoms with van der Waals surface area (Å²) in [5.41, 5.74) is 3.84. The van der Waals surface area contributed by atoms with Crippen molar-refractivity contribution in [1.29, 1.82) is 0 Å². The van der Waals surface area contributed by atoms with Crippen molar-refractivity contribution in [1.82, 2.24) is 9.88 Å². The zero-order valence-corrected chi connectivity index (χ0v) is 23.5. The van der Waals surface area contributed by atoms with Crippen LogP contribution in [-0.4, -0.2) is 47.3 Å². The lowest BCUT2D eigenvalue weighted by Gasteiger charge is -2.28. The molecular weight excluding hydrogens is 554 g/mol. The predicted octanol–water partition coefficient (Wildman–Crippen LogP) is 6.17. The molecule has 4 aromatic carbocycles. The van der Waals surface area contributed by atoms with E-state index in [0.29, 0.717) is 45.5 Å². The summed E-state index contributed by atoms with van der Waals surface area (Å²) in [4.78, 5) is 47.9. The van der Waals surface area contributed by atoms with Gasteiger partial charge in [0.25, 0.3) is 11.8 Å². The molecule has 1 atom stereocenters. The number of fused-ring (bicyclic) bond motifs is 1. The number of anilines is 1. The summed E-state index contributed by atoms with van der Waals surface area (Å²) in [5, 5.41) is 0.583. The van der Waals surface area contributed by atoms with Crippen LogP contribution in [0, 0.1) is 0 Å². The number of halogens is 1. The molecule has 1 fully saturated rings. The maximum atomic E-state index is 13.8. The minimum Gasteiger partial charge on any atom is -0.497 e. The van der Waals surface area contributed by atoms with Gasteiger partial charge < -0.3 is 14.1 Å². The Bertz CT molecular complexity index is 1750. The van der Waals surface area contributed by atoms with Crippen LogP contribution < -0.4 is 9.64 Å². The van der Waals surface area contributed by atoms with Crippen molar-refractivity contribution in [2.75, 3.05) is 18.6 Å². The van der Waals surface area contributed by atoms with E-state index in [-0.39, 0.29) is 24.8 Å². The second-order valence-corrected chi connectivity index (χ2v) is 10.4. The Morgan fingerprint density at radius 3 is 2.48 bits per heavy atom. The van der Waals surface area contributed by atoms with Crippen LogP contribution in [0.5, 0.6) is 5.75 Å². The molecule has 0 saturated carbocycles. The molecule has 42 heavy (non-hydrogen) atoms. The SMILES string of the molecule is COc1ccc(C(=O)N(CCc2cccc(Cl)c2)C2CC(=O)N(c3ccc(-c4nc5ccccc5o4)cc3)C2=O)cc1. The van der Waals surface area contributed by atoms with E-state index in [1.807, 2.05) is 42.5 Å². The molecule has 0 bridgehead atoms. The molecule has 2 heterocycles. The first-order valence-corrected chi connectivity index (χ1v) is 13.8. The van der Waals surface area contributed by atoms with Gasteiger partial charge in [-0.25, -0.2) is 9.88 Å². The molecular formula is C33H26ClN3O5. The summed E-state index contributed by atoms with van der Waals surface area (Å²) < 4.78 is 11.1. The fourth-order valence-corrected chi connectivity index (χ4v) is 5.33. The number of carbonyl (C=O) groups excluding carboxylic acids is 3. The quantitative estimate of drug-likeness (QED) is 0.204. The molecule has 5 aromatic rings. The average Bonchev–Trinajstić information content (AvgIpc) is 3.57. The number of imide groups is 1. The van der Waals surface area contributed by atoms with Crippen LogP contribution in [0.2, 0.25) is 5.02 Å². The number of methoxy groups -OCH3 is 1. The summed E-state index contributed by atoms with van der Waals surface area (Å²) in [6.07, 6.45) is 0.336. The molecule has 8 nitrogen and oxygen atoms in total. The van der Waals surface area contributed by atoms with Crippen LogP contribution in [0.15, 0.2) is 101 Å². The smallest absolute Gasteiger partial charge is 0.257 e. The maximum absolute atomic E-state index is 13.8. The van der Waals surface area contributed by atoms with Gasteiger partial charge in [0.15, 0.2) is 5.58 Å². The average molecular weight is 580 g/mol. The van der Waals surface area contributed by atoms with Crippen LogP contribution >= 0.6 is 11.6 Å². The van der Waals surface area contributed by atoms with E-state index in [9.17, 15) is 14.4 Å². The Hall–Kier alpha value is -4.95. The van der Waals surface area contributed by atoms with E-state index in [4.69, 9.17) is 20.8 Å². The van der Waals surface area contributed by atoms with E-state index in [2.05, 4.69) is 4.98 Å². The number of para-hydroxylation sites is 2. The van der Waals surface area contributed by atoms with Gasteiger partial charge in [-0.05, 0) is 84.8 Å². The lowest BCUT2D eigenvalue weighted by molar-refractivity contribution is -0.122. The predicted molar refractivity (Wildman–Crippen MR) is 160 cm³/mol. The second kappa shape index (κ2) is 11.5. The molecule has 0 aliphatic carbocycles. The van der Waals surface area contributed by atoms with Gasteiger partial charge in [0.05, 0.1) is 19.2 Å². The van der Waals surface area contributed by atoms with Gasteiger partial charge >= 0.3 is 0 Å². The highest BCUT2D eigenvalue weighted by molar-refractivity contribution is 6.30. The van der Waals surface area contributed by atoms with Crippen molar-refractivity contribution >= 4 is 46.1 Å². The normalized spacial score (nSPS) is 14.9. The van der Waals surface area contributed by atoms with Gasteiger partial charge in [-0.2, -0.15) is 0 Å². The number of carbonyl (C=O) groups is 3. The number of hydrogen-bond acceptors (Lipinski definition) is 6. The molecule has 1 unspecified atom stereocenters. The molecule has 210 valence electrons. The number of oxazole rings is 1. The number of aromatic nitrogens is 1. The van der Waals surface area contributed by atoms with Crippen LogP contribution in [0.4, 0.5) is 5.69 Å². The van der Waals surface area contributed by atoms with Crippen LogP contribution in [0.25, 0.3) is 22.6 Å². The molecule has 0 spiro atoms. The number of benzene rings is 4. The Labute approximate surface area is 247 Å². The molecule has 1 saturated heterocycles. The first-order valence-electron chi connectivity index (χ1n) is 13.4. The van der Waals surface area contributed by atoms with E-state index in [0.717, 1.165) is 16.0 Å². The first-order chi connectivity index (χ1) is 20.4. The molecule has 6 rings (SSSR count). The first kappa shape index (κ1) is 27.2. The molecule has 1 aliphatic heterocycles. The van der Waals surface area contributed by atoms with E-state index >= 15 is 0 Å². The van der Waals surface area contributed by atoms with Crippen LogP contribution in [-0.2, 0) is 16.0 Å². The zero-order chi connectivity index (χ0) is 29.2. The van der Waals surface area contributed by atoms with Crippen molar-refractivity contribution in [2.45, 2.75) is 18.9 Å². The molecule has 0 N–H and O–H groups in total. The Kier molecular flexibility index (Phi) is 7.46. The minimum atomic E-state index is -0.956. The van der Waals surface area contributed by atoms with Crippen LogP contribution in [0.1, 0.15) is 22.3 Å². The lowest BCUT2D eigenvalue weighted by Crippen LogP contribution is -2.46. The summed E-state index contributed by atoms with van der Waals surface area (Å²) in [7, 11) is 1.55. The van der Waals surface area contributed by atoms with Crippen molar-refractivity contribution in [3.63, 3.8) is 0 Å². The van der Waals surface area contributed by atoms with Crippen molar-refractivity contribution in [3.05, 3.63) is 113 Å². The highest BCUT2D eigenvalue weighted by Crippen LogP contribution is 2.30. The van der Waals surface area contributed by atoms with Crippen molar-refractivity contribution in [3.8, 4) is 17.2 Å². The highest BCUT2D eigenvalue weighted by Gasteiger charge is 2.44. The van der Waals surface area contributed by atoms with Gasteiger partial charge in [-0.15, -0.1) is 0 Å². The minimum absolute atomic E-state index is 0.122. The molecule has 3 amide bonds. The van der Waals surface area contributed by atoms with Crippen molar-refractivity contribution in [2.24, 2.45) is 0 Å². The Morgan fingerprint density at radius 2 is 1.76 bits per heavy atom. The molecule has 0 radical (unpaired) electrons. The third kappa shape index (κ3) is 5.36. The Morgan fingerprint density at radius 1 is 1.00 bits per heavy atom. The monoisotopic (exact) mass is 579 g/mol. The summed E-state index contributed by atoms with van der Waals surface area (Å²) in [6.45, 7) is 0.222. The third-order valence-electron chi connectivity index (χ3n) is 7.29. The fraction of sp³-hybridized carbons (Fsp3) is 0.152. The summed E-state index contributed by atoms with van der Waals surface area (Å²) in [5.74, 6) is -0.134. The van der Waals surface area contributed by atoms with Gasteiger partial charge in [-0.3, -0.25) is 14.4 Å². The third-order valence-corrected chi connectivity index (χ3v) is 7.53. The van der Waals surface area contributed by atoms with E-state index in [1.165, 1.54) is 4.90 Å². The molecule has 1 aromatic heterocycles.